The number of para-hydroxylation sites is 1. The Morgan fingerprint density at radius 1 is 1.11 bits per heavy atom. The van der Waals surface area contributed by atoms with Crippen LogP contribution in [0, 0.1) is 0 Å². The molecule has 0 saturated heterocycles. The van der Waals surface area contributed by atoms with Crippen molar-refractivity contribution in [3.63, 3.8) is 0 Å². The number of hydrogen-bond acceptors (Lipinski definition) is 3. The zero-order valence-electron chi connectivity index (χ0n) is 10.2. The van der Waals surface area contributed by atoms with Crippen molar-refractivity contribution in [1.29, 1.82) is 0 Å². The van der Waals surface area contributed by atoms with Gasteiger partial charge in [0.2, 0.25) is 0 Å². The molecule has 1 heterocycles. The largest absolute Gasteiger partial charge is 0.457 e. The Balaban J connectivity index is 1.79. The average molecular weight is 252 g/mol. The number of hydrogen-bond donors (Lipinski definition) is 1. The van der Waals surface area contributed by atoms with Crippen molar-refractivity contribution >= 4 is 16.9 Å². The van der Waals surface area contributed by atoms with Crippen LogP contribution in [0.4, 0.5) is 0 Å². The van der Waals surface area contributed by atoms with E-state index in [2.05, 4.69) is 10.2 Å². The second-order valence-corrected chi connectivity index (χ2v) is 4.20. The van der Waals surface area contributed by atoms with Crippen LogP contribution in [0.25, 0.3) is 10.9 Å². The number of rotatable bonds is 3. The molecule has 0 spiro atoms. The van der Waals surface area contributed by atoms with E-state index in [4.69, 9.17) is 4.74 Å². The van der Waals surface area contributed by atoms with Gasteiger partial charge in [-0.25, -0.2) is 4.79 Å². The second-order valence-electron chi connectivity index (χ2n) is 4.20. The molecule has 19 heavy (non-hydrogen) atoms. The number of fused-ring (bicyclic) bond motifs is 1. The van der Waals surface area contributed by atoms with Crippen LogP contribution in [0.5, 0.6) is 0 Å². The lowest BCUT2D eigenvalue weighted by atomic mass is 10.1. The van der Waals surface area contributed by atoms with Crippen molar-refractivity contribution < 1.29 is 9.53 Å². The number of aromatic nitrogens is 2. The molecule has 0 saturated carbocycles. The summed E-state index contributed by atoms with van der Waals surface area (Å²) in [6.07, 6.45) is 1.68. The number of carbonyl (C=O) groups is 1. The van der Waals surface area contributed by atoms with Crippen molar-refractivity contribution in [2.24, 2.45) is 0 Å². The van der Waals surface area contributed by atoms with Crippen LogP contribution in [0.3, 0.4) is 0 Å². The van der Waals surface area contributed by atoms with Crippen molar-refractivity contribution in [3.8, 4) is 0 Å². The van der Waals surface area contributed by atoms with Crippen LogP contribution in [-0.4, -0.2) is 16.2 Å². The van der Waals surface area contributed by atoms with E-state index in [1.165, 1.54) is 0 Å². The van der Waals surface area contributed by atoms with Crippen molar-refractivity contribution in [3.05, 3.63) is 65.9 Å². The number of nitrogens with zero attached hydrogens (tertiary/aromatic N) is 1. The molecule has 0 unspecified atom stereocenters. The third-order valence-corrected chi connectivity index (χ3v) is 2.91. The molecule has 0 aliphatic heterocycles. The highest BCUT2D eigenvalue weighted by Crippen LogP contribution is 2.17. The Morgan fingerprint density at radius 3 is 2.79 bits per heavy atom. The number of aromatic amines is 1. The maximum Gasteiger partial charge on any atom is 0.340 e. The zero-order chi connectivity index (χ0) is 13.1. The van der Waals surface area contributed by atoms with Gasteiger partial charge in [0.15, 0.2) is 0 Å². The Hall–Kier alpha value is -2.62. The predicted molar refractivity (Wildman–Crippen MR) is 71.7 cm³/mol. The summed E-state index contributed by atoms with van der Waals surface area (Å²) in [5, 5.41) is 7.64. The minimum atomic E-state index is -0.348. The van der Waals surface area contributed by atoms with Crippen LogP contribution >= 0.6 is 0 Å². The molecule has 2 aromatic carbocycles. The number of benzene rings is 2. The monoisotopic (exact) mass is 252 g/mol. The van der Waals surface area contributed by atoms with Gasteiger partial charge >= 0.3 is 5.97 Å². The first-order valence-electron chi connectivity index (χ1n) is 5.98. The summed E-state index contributed by atoms with van der Waals surface area (Å²) in [6.45, 7) is 0.268. The van der Waals surface area contributed by atoms with E-state index >= 15 is 0 Å². The fourth-order valence-corrected chi connectivity index (χ4v) is 1.94. The maximum atomic E-state index is 12.1. The first-order chi connectivity index (χ1) is 9.34. The molecule has 1 aromatic heterocycles. The normalized spacial score (nSPS) is 10.5. The summed E-state index contributed by atoms with van der Waals surface area (Å²) in [5.74, 6) is -0.348. The highest BCUT2D eigenvalue weighted by Gasteiger charge is 2.12. The van der Waals surface area contributed by atoms with Gasteiger partial charge in [-0.1, -0.05) is 42.5 Å². The number of H-pyrrole nitrogens is 1. The van der Waals surface area contributed by atoms with E-state index in [0.717, 1.165) is 10.9 Å². The van der Waals surface area contributed by atoms with Crippen LogP contribution in [0.15, 0.2) is 54.7 Å². The molecule has 0 bridgehead atoms. The van der Waals surface area contributed by atoms with Crippen LogP contribution in [0.2, 0.25) is 0 Å². The van der Waals surface area contributed by atoms with Crippen LogP contribution < -0.4 is 0 Å². The minimum Gasteiger partial charge on any atom is -0.457 e. The number of nitrogens with one attached hydrogen (secondary N) is 1. The molecule has 3 rings (SSSR count). The minimum absolute atomic E-state index is 0.268. The van der Waals surface area contributed by atoms with E-state index in [-0.39, 0.29) is 12.6 Å². The number of carbonyl (C=O) groups excluding carboxylic acids is 1. The van der Waals surface area contributed by atoms with Gasteiger partial charge in [-0.2, -0.15) is 5.10 Å². The van der Waals surface area contributed by atoms with Gasteiger partial charge in [0.1, 0.15) is 6.61 Å². The van der Waals surface area contributed by atoms with E-state index in [1.807, 2.05) is 42.5 Å². The third kappa shape index (κ3) is 2.33. The average Bonchev–Trinajstić information content (AvgIpc) is 2.94. The number of esters is 1. The molecule has 0 amide bonds. The van der Waals surface area contributed by atoms with E-state index in [0.29, 0.717) is 11.1 Å². The summed E-state index contributed by atoms with van der Waals surface area (Å²) in [5.41, 5.74) is 2.18. The molecule has 0 atom stereocenters. The van der Waals surface area contributed by atoms with Crippen LogP contribution in [-0.2, 0) is 11.3 Å². The summed E-state index contributed by atoms with van der Waals surface area (Å²) in [6, 6.07) is 15.0. The van der Waals surface area contributed by atoms with Crippen molar-refractivity contribution in [2.45, 2.75) is 6.61 Å². The molecule has 0 aliphatic carbocycles. The predicted octanol–water partition coefficient (Wildman–Crippen LogP) is 2.92. The molecule has 0 aliphatic rings. The third-order valence-electron chi connectivity index (χ3n) is 2.91. The first kappa shape index (κ1) is 11.5. The lowest BCUT2D eigenvalue weighted by Crippen LogP contribution is -2.05. The van der Waals surface area contributed by atoms with Gasteiger partial charge in [-0.15, -0.1) is 0 Å². The quantitative estimate of drug-likeness (QED) is 0.729. The Labute approximate surface area is 110 Å². The summed E-state index contributed by atoms with van der Waals surface area (Å²) >= 11 is 0. The van der Waals surface area contributed by atoms with Crippen LogP contribution in [0.1, 0.15) is 15.9 Å². The summed E-state index contributed by atoms with van der Waals surface area (Å²) < 4.78 is 5.30. The maximum absolute atomic E-state index is 12.1. The van der Waals surface area contributed by atoms with E-state index in [1.54, 1.807) is 12.3 Å². The topological polar surface area (TPSA) is 55.0 Å². The second kappa shape index (κ2) is 4.94. The molecule has 1 N–H and O–H groups in total. The van der Waals surface area contributed by atoms with E-state index < -0.39 is 0 Å². The molecule has 4 nitrogen and oxygen atoms in total. The zero-order valence-corrected chi connectivity index (χ0v) is 10.2. The Kier molecular flexibility index (Phi) is 2.98. The van der Waals surface area contributed by atoms with E-state index in [9.17, 15) is 4.79 Å². The lowest BCUT2D eigenvalue weighted by Gasteiger charge is -2.05. The highest BCUT2D eigenvalue weighted by molar-refractivity contribution is 6.02. The molecular formula is C15H12N2O2. The molecule has 4 heteroatoms. The highest BCUT2D eigenvalue weighted by atomic mass is 16.5. The van der Waals surface area contributed by atoms with Gasteiger partial charge in [-0.3, -0.25) is 5.10 Å². The van der Waals surface area contributed by atoms with Gasteiger partial charge in [-0.05, 0) is 11.6 Å². The number of ether oxygens (including phenoxy) is 1. The molecular weight excluding hydrogens is 240 g/mol. The summed E-state index contributed by atoms with van der Waals surface area (Å²) in [4.78, 5) is 12.1. The van der Waals surface area contributed by atoms with Gasteiger partial charge in [0.25, 0.3) is 0 Å². The molecule has 3 aromatic rings. The summed E-state index contributed by atoms with van der Waals surface area (Å²) in [7, 11) is 0. The SMILES string of the molecule is O=C(OCc1ccccc1)c1cccc2cn[nH]c12. The molecule has 94 valence electrons. The molecule has 0 radical (unpaired) electrons. The Bertz CT molecular complexity index is 704. The van der Waals surface area contributed by atoms with Crippen molar-refractivity contribution in [1.82, 2.24) is 10.2 Å². The first-order valence-corrected chi connectivity index (χ1v) is 5.98. The van der Waals surface area contributed by atoms with Gasteiger partial charge in [0, 0.05) is 5.39 Å². The van der Waals surface area contributed by atoms with Gasteiger partial charge in [0.05, 0.1) is 17.3 Å². The lowest BCUT2D eigenvalue weighted by molar-refractivity contribution is 0.0475. The fourth-order valence-electron chi connectivity index (χ4n) is 1.94. The fraction of sp³-hybridized carbons (Fsp3) is 0.0667. The Morgan fingerprint density at radius 2 is 1.95 bits per heavy atom. The smallest absolute Gasteiger partial charge is 0.340 e. The molecule has 0 fully saturated rings. The van der Waals surface area contributed by atoms with Crippen molar-refractivity contribution in [2.75, 3.05) is 0 Å². The van der Waals surface area contributed by atoms with Gasteiger partial charge < -0.3 is 4.74 Å². The standard InChI is InChI=1S/C15H12N2O2/c18-15(19-10-11-5-2-1-3-6-11)13-8-4-7-12-9-16-17-14(12)13/h1-9H,10H2,(H,16,17).